The van der Waals surface area contributed by atoms with Crippen LogP contribution >= 0.6 is 0 Å². The Hall–Kier alpha value is -1.71. The Bertz CT molecular complexity index is 441. The Labute approximate surface area is 121 Å². The van der Waals surface area contributed by atoms with E-state index in [0.717, 1.165) is 24.9 Å². The van der Waals surface area contributed by atoms with E-state index in [1.807, 2.05) is 24.3 Å². The molecule has 0 bridgehead atoms. The van der Waals surface area contributed by atoms with Crippen molar-refractivity contribution in [2.45, 2.75) is 51.5 Å². The summed E-state index contributed by atoms with van der Waals surface area (Å²) >= 11 is 0. The first-order chi connectivity index (χ1) is 9.70. The predicted octanol–water partition coefficient (Wildman–Crippen LogP) is 3.53. The third kappa shape index (κ3) is 3.89. The number of nitrogens with one attached hydrogen (secondary N) is 1. The quantitative estimate of drug-likeness (QED) is 0.826. The average molecular weight is 275 g/mol. The van der Waals surface area contributed by atoms with Gasteiger partial charge in [-0.25, -0.2) is 4.79 Å². The standard InChI is InChI=1S/C16H25N3O/c1-2-11-19(15-10-6-7-13(17)12-15)16(20)18-14-8-4-3-5-9-14/h6-7,10,12,14H,2-5,8-9,11,17H2,1H3,(H,18,20). The van der Waals surface area contributed by atoms with Gasteiger partial charge in [-0.15, -0.1) is 0 Å². The summed E-state index contributed by atoms with van der Waals surface area (Å²) in [6.45, 7) is 2.79. The second-order valence-corrected chi connectivity index (χ2v) is 5.53. The smallest absolute Gasteiger partial charge is 0.322 e. The lowest BCUT2D eigenvalue weighted by molar-refractivity contribution is 0.238. The molecule has 1 aromatic rings. The molecule has 1 aromatic carbocycles. The molecule has 0 aliphatic heterocycles. The minimum atomic E-state index is 0.00403. The van der Waals surface area contributed by atoms with Crippen LogP contribution < -0.4 is 16.0 Å². The molecule has 2 rings (SSSR count). The van der Waals surface area contributed by atoms with Gasteiger partial charge in [0.25, 0.3) is 0 Å². The zero-order valence-corrected chi connectivity index (χ0v) is 12.3. The molecule has 0 heterocycles. The molecular formula is C16H25N3O. The molecule has 0 radical (unpaired) electrons. The molecule has 4 heteroatoms. The number of carbonyl (C=O) groups is 1. The molecule has 0 aromatic heterocycles. The van der Waals surface area contributed by atoms with E-state index in [1.54, 1.807) is 4.90 Å². The molecular weight excluding hydrogens is 250 g/mol. The lowest BCUT2D eigenvalue weighted by atomic mass is 9.96. The summed E-state index contributed by atoms with van der Waals surface area (Å²) in [6.07, 6.45) is 6.85. The Kier molecular flexibility index (Phi) is 5.27. The number of carbonyl (C=O) groups excluding carboxylic acids is 1. The number of benzene rings is 1. The maximum absolute atomic E-state index is 12.5. The van der Waals surface area contributed by atoms with Crippen LogP contribution in [0.3, 0.4) is 0 Å². The van der Waals surface area contributed by atoms with Crippen molar-refractivity contribution in [3.63, 3.8) is 0 Å². The van der Waals surface area contributed by atoms with Gasteiger partial charge in [0.05, 0.1) is 0 Å². The Morgan fingerprint density at radius 2 is 2.10 bits per heavy atom. The van der Waals surface area contributed by atoms with Gasteiger partial charge in [-0.3, -0.25) is 4.90 Å². The third-order valence-electron chi connectivity index (χ3n) is 3.81. The van der Waals surface area contributed by atoms with Crippen LogP contribution in [0.5, 0.6) is 0 Å². The Morgan fingerprint density at radius 1 is 1.35 bits per heavy atom. The molecule has 1 aliphatic carbocycles. The first-order valence-corrected chi connectivity index (χ1v) is 7.64. The number of urea groups is 1. The monoisotopic (exact) mass is 275 g/mol. The zero-order valence-electron chi connectivity index (χ0n) is 12.3. The van der Waals surface area contributed by atoms with E-state index >= 15 is 0 Å². The minimum Gasteiger partial charge on any atom is -0.399 e. The van der Waals surface area contributed by atoms with Crippen LogP contribution in [-0.2, 0) is 0 Å². The van der Waals surface area contributed by atoms with Crippen molar-refractivity contribution in [2.75, 3.05) is 17.2 Å². The summed E-state index contributed by atoms with van der Waals surface area (Å²) in [6, 6.07) is 7.86. The Morgan fingerprint density at radius 3 is 2.75 bits per heavy atom. The lowest BCUT2D eigenvalue weighted by Crippen LogP contribution is -2.46. The number of hydrogen-bond donors (Lipinski definition) is 2. The van der Waals surface area contributed by atoms with Crippen LogP contribution in [0.1, 0.15) is 45.4 Å². The first-order valence-electron chi connectivity index (χ1n) is 7.64. The normalized spacial score (nSPS) is 15.8. The molecule has 0 unspecified atom stereocenters. The molecule has 1 aliphatic rings. The summed E-state index contributed by atoms with van der Waals surface area (Å²) in [5, 5.41) is 3.17. The highest BCUT2D eigenvalue weighted by molar-refractivity contribution is 5.92. The van der Waals surface area contributed by atoms with Crippen molar-refractivity contribution >= 4 is 17.4 Å². The van der Waals surface area contributed by atoms with E-state index in [2.05, 4.69) is 12.2 Å². The third-order valence-corrected chi connectivity index (χ3v) is 3.81. The zero-order chi connectivity index (χ0) is 14.4. The number of hydrogen-bond acceptors (Lipinski definition) is 2. The topological polar surface area (TPSA) is 58.4 Å². The molecule has 1 fully saturated rings. The van der Waals surface area contributed by atoms with Crippen LogP contribution in [0.25, 0.3) is 0 Å². The number of amides is 2. The summed E-state index contributed by atoms with van der Waals surface area (Å²) in [5.74, 6) is 0. The van der Waals surface area contributed by atoms with E-state index < -0.39 is 0 Å². The number of anilines is 2. The van der Waals surface area contributed by atoms with Crippen LogP contribution in [-0.4, -0.2) is 18.6 Å². The van der Waals surface area contributed by atoms with Crippen LogP contribution in [0.2, 0.25) is 0 Å². The number of nitrogens with two attached hydrogens (primary N) is 1. The lowest BCUT2D eigenvalue weighted by Gasteiger charge is -2.28. The van der Waals surface area contributed by atoms with Crippen molar-refractivity contribution < 1.29 is 4.79 Å². The molecule has 20 heavy (non-hydrogen) atoms. The number of nitrogens with zero attached hydrogens (tertiary/aromatic N) is 1. The molecule has 0 saturated heterocycles. The maximum atomic E-state index is 12.5. The van der Waals surface area contributed by atoms with E-state index in [0.29, 0.717) is 18.3 Å². The predicted molar refractivity (Wildman–Crippen MR) is 83.9 cm³/mol. The van der Waals surface area contributed by atoms with Gasteiger partial charge in [-0.05, 0) is 37.5 Å². The fourth-order valence-corrected chi connectivity index (χ4v) is 2.76. The van der Waals surface area contributed by atoms with E-state index in [9.17, 15) is 4.79 Å². The number of nitrogen functional groups attached to an aromatic ring is 1. The molecule has 110 valence electrons. The molecule has 0 spiro atoms. The summed E-state index contributed by atoms with van der Waals surface area (Å²) < 4.78 is 0. The maximum Gasteiger partial charge on any atom is 0.322 e. The van der Waals surface area contributed by atoms with Gasteiger partial charge in [-0.1, -0.05) is 32.3 Å². The first kappa shape index (κ1) is 14.7. The van der Waals surface area contributed by atoms with Gasteiger partial charge in [0.1, 0.15) is 0 Å². The van der Waals surface area contributed by atoms with Crippen LogP contribution in [0, 0.1) is 0 Å². The largest absolute Gasteiger partial charge is 0.399 e. The molecule has 3 N–H and O–H groups in total. The van der Waals surface area contributed by atoms with Gasteiger partial charge in [0, 0.05) is 24.0 Å². The van der Waals surface area contributed by atoms with Crippen molar-refractivity contribution in [1.29, 1.82) is 0 Å². The second-order valence-electron chi connectivity index (χ2n) is 5.53. The second kappa shape index (κ2) is 7.17. The molecule has 2 amide bonds. The van der Waals surface area contributed by atoms with Crippen molar-refractivity contribution in [2.24, 2.45) is 0 Å². The summed E-state index contributed by atoms with van der Waals surface area (Å²) in [5.41, 5.74) is 7.38. The fourth-order valence-electron chi connectivity index (χ4n) is 2.76. The van der Waals surface area contributed by atoms with Gasteiger partial charge in [0.15, 0.2) is 0 Å². The molecule has 0 atom stereocenters. The number of rotatable bonds is 4. The average Bonchev–Trinajstić information content (AvgIpc) is 2.45. The van der Waals surface area contributed by atoms with Gasteiger partial charge < -0.3 is 11.1 Å². The summed E-state index contributed by atoms with van der Waals surface area (Å²) in [4.78, 5) is 14.3. The molecule has 1 saturated carbocycles. The van der Waals surface area contributed by atoms with Crippen LogP contribution in [0.4, 0.5) is 16.2 Å². The van der Waals surface area contributed by atoms with Gasteiger partial charge >= 0.3 is 6.03 Å². The highest BCUT2D eigenvalue weighted by atomic mass is 16.2. The highest BCUT2D eigenvalue weighted by Gasteiger charge is 2.20. The SMILES string of the molecule is CCCN(C(=O)NC1CCCCC1)c1cccc(N)c1. The van der Waals surface area contributed by atoms with E-state index in [-0.39, 0.29) is 6.03 Å². The van der Waals surface area contributed by atoms with Crippen molar-refractivity contribution in [1.82, 2.24) is 5.32 Å². The summed E-state index contributed by atoms with van der Waals surface area (Å²) in [7, 11) is 0. The van der Waals surface area contributed by atoms with Crippen molar-refractivity contribution in [3.8, 4) is 0 Å². The fraction of sp³-hybridized carbons (Fsp3) is 0.562. The highest BCUT2D eigenvalue weighted by Crippen LogP contribution is 2.20. The van der Waals surface area contributed by atoms with E-state index in [1.165, 1.54) is 19.3 Å². The van der Waals surface area contributed by atoms with Gasteiger partial charge in [-0.2, -0.15) is 0 Å². The Balaban J connectivity index is 2.05. The van der Waals surface area contributed by atoms with Crippen LogP contribution in [0.15, 0.2) is 24.3 Å². The van der Waals surface area contributed by atoms with Crippen molar-refractivity contribution in [3.05, 3.63) is 24.3 Å². The van der Waals surface area contributed by atoms with E-state index in [4.69, 9.17) is 5.73 Å². The minimum absolute atomic E-state index is 0.00403. The van der Waals surface area contributed by atoms with Gasteiger partial charge in [0.2, 0.25) is 0 Å². The molecule has 4 nitrogen and oxygen atoms in total.